The molecule has 0 spiro atoms. The number of rotatable bonds is 10. The number of imide groups is 1. The zero-order valence-corrected chi connectivity index (χ0v) is 17.6. The van der Waals surface area contributed by atoms with Crippen LogP contribution in [0.5, 0.6) is 5.75 Å². The molecule has 0 aliphatic carbocycles. The molecule has 32 heavy (non-hydrogen) atoms. The van der Waals surface area contributed by atoms with E-state index in [1.54, 1.807) is 55.5 Å². The number of hydrogen-bond donors (Lipinski definition) is 4. The van der Waals surface area contributed by atoms with Crippen molar-refractivity contribution in [3.05, 3.63) is 77.9 Å². The Bertz CT molecular complexity index is 914. The number of nitrogens with one attached hydrogen (secondary N) is 2. The third kappa shape index (κ3) is 7.86. The van der Waals surface area contributed by atoms with Gasteiger partial charge in [-0.05, 0) is 49.6 Å². The van der Waals surface area contributed by atoms with Crippen molar-refractivity contribution in [2.45, 2.75) is 32.0 Å². The van der Waals surface area contributed by atoms with Crippen LogP contribution in [-0.2, 0) is 14.3 Å². The number of benzene rings is 2. The first-order valence-electron chi connectivity index (χ1n) is 10.0. The molecule has 9 heteroatoms. The Balaban J connectivity index is 2.16. The Morgan fingerprint density at radius 2 is 1.75 bits per heavy atom. The second kappa shape index (κ2) is 12.9. The van der Waals surface area contributed by atoms with E-state index in [-0.39, 0.29) is 5.75 Å². The predicted octanol–water partition coefficient (Wildman–Crippen LogP) is 3.25. The molecule has 0 aromatic heterocycles. The van der Waals surface area contributed by atoms with Crippen molar-refractivity contribution in [1.29, 1.82) is 0 Å². The van der Waals surface area contributed by atoms with Gasteiger partial charge in [-0.1, -0.05) is 36.4 Å². The molecule has 0 radical (unpaired) electrons. The van der Waals surface area contributed by atoms with Gasteiger partial charge in [0, 0.05) is 18.2 Å². The summed E-state index contributed by atoms with van der Waals surface area (Å²) in [5.74, 6) is -1.23. The molecule has 2 rings (SSSR count). The standard InChI is InChI=1S/C23H26N2O7/c1-2-31-19(10-6-7-11-20(27)25-30)21(16-12-14-18(26)15-13-16)32-23(29)24-22(28)17-8-4-3-5-9-17/h3-5,7-9,11-15,19,21,26,30H,2,6,10H2,1H3,(H,25,27)(H,24,28,29)/b11-7+/t19-,21-/m0/s1. The lowest BCUT2D eigenvalue weighted by molar-refractivity contribution is -0.124. The van der Waals surface area contributed by atoms with Gasteiger partial charge in [0.1, 0.15) is 5.75 Å². The molecule has 0 bridgehead atoms. The Morgan fingerprint density at radius 3 is 2.38 bits per heavy atom. The van der Waals surface area contributed by atoms with E-state index in [0.29, 0.717) is 30.6 Å². The lowest BCUT2D eigenvalue weighted by atomic mass is 10.00. The van der Waals surface area contributed by atoms with E-state index in [1.807, 2.05) is 0 Å². The van der Waals surface area contributed by atoms with Gasteiger partial charge in [-0.2, -0.15) is 0 Å². The summed E-state index contributed by atoms with van der Waals surface area (Å²) in [6.07, 6.45) is 1.03. The third-order valence-electron chi connectivity index (χ3n) is 4.42. The molecule has 3 amide bonds. The number of carbonyl (C=O) groups is 3. The number of carbonyl (C=O) groups excluding carboxylic acids is 3. The summed E-state index contributed by atoms with van der Waals surface area (Å²) in [7, 11) is 0. The molecule has 2 aromatic carbocycles. The van der Waals surface area contributed by atoms with Gasteiger partial charge in [0.15, 0.2) is 6.10 Å². The Morgan fingerprint density at radius 1 is 1.06 bits per heavy atom. The van der Waals surface area contributed by atoms with Crippen LogP contribution >= 0.6 is 0 Å². The lowest BCUT2D eigenvalue weighted by Gasteiger charge is -2.27. The molecule has 0 saturated carbocycles. The number of hydroxylamine groups is 1. The van der Waals surface area contributed by atoms with Crippen molar-refractivity contribution in [2.75, 3.05) is 6.61 Å². The molecule has 0 unspecified atom stereocenters. The summed E-state index contributed by atoms with van der Waals surface area (Å²) >= 11 is 0. The van der Waals surface area contributed by atoms with Crippen LogP contribution in [0.1, 0.15) is 41.8 Å². The van der Waals surface area contributed by atoms with Crippen molar-refractivity contribution in [3.63, 3.8) is 0 Å². The minimum atomic E-state index is -0.947. The van der Waals surface area contributed by atoms with Gasteiger partial charge < -0.3 is 14.6 Å². The number of phenolic OH excluding ortho intramolecular Hbond substituents is 1. The van der Waals surface area contributed by atoms with Crippen LogP contribution in [0.2, 0.25) is 0 Å². The maximum atomic E-state index is 12.5. The van der Waals surface area contributed by atoms with Crippen LogP contribution in [0.3, 0.4) is 0 Å². The van der Waals surface area contributed by atoms with Crippen molar-refractivity contribution < 1.29 is 34.2 Å². The van der Waals surface area contributed by atoms with E-state index in [2.05, 4.69) is 5.32 Å². The van der Waals surface area contributed by atoms with Crippen LogP contribution < -0.4 is 10.8 Å². The van der Waals surface area contributed by atoms with Crippen molar-refractivity contribution in [1.82, 2.24) is 10.8 Å². The number of aromatic hydroxyl groups is 1. The number of amides is 3. The third-order valence-corrected chi connectivity index (χ3v) is 4.42. The first-order valence-corrected chi connectivity index (χ1v) is 10.0. The summed E-state index contributed by atoms with van der Waals surface area (Å²) in [5, 5.41) is 20.3. The van der Waals surface area contributed by atoms with E-state index in [0.717, 1.165) is 0 Å². The molecule has 170 valence electrons. The highest BCUT2D eigenvalue weighted by atomic mass is 16.6. The van der Waals surface area contributed by atoms with Gasteiger partial charge in [0.05, 0.1) is 6.10 Å². The number of alkyl carbamates (subject to hydrolysis) is 1. The van der Waals surface area contributed by atoms with Crippen LogP contribution in [0.25, 0.3) is 0 Å². The van der Waals surface area contributed by atoms with Crippen LogP contribution in [0.15, 0.2) is 66.7 Å². The quantitative estimate of drug-likeness (QED) is 0.252. The SMILES string of the molecule is CCO[C@@H](CC/C=C/C(=O)NO)[C@@H](OC(=O)NC(=O)c1ccccc1)c1ccc(O)cc1. The lowest BCUT2D eigenvalue weighted by Crippen LogP contribution is -2.35. The average molecular weight is 442 g/mol. The fraction of sp³-hybridized carbons (Fsp3) is 0.261. The molecule has 2 atom stereocenters. The smallest absolute Gasteiger partial charge is 0.414 e. The van der Waals surface area contributed by atoms with E-state index in [9.17, 15) is 19.5 Å². The largest absolute Gasteiger partial charge is 0.508 e. The summed E-state index contributed by atoms with van der Waals surface area (Å²) in [6, 6.07) is 14.3. The molecule has 4 N–H and O–H groups in total. The van der Waals surface area contributed by atoms with Gasteiger partial charge >= 0.3 is 6.09 Å². The van der Waals surface area contributed by atoms with Gasteiger partial charge in [-0.15, -0.1) is 0 Å². The van der Waals surface area contributed by atoms with Crippen LogP contribution in [-0.4, -0.2) is 40.9 Å². The summed E-state index contributed by atoms with van der Waals surface area (Å²) < 4.78 is 11.3. The first kappa shape index (κ1) is 24.6. The maximum Gasteiger partial charge on any atom is 0.414 e. The van der Waals surface area contributed by atoms with Gasteiger partial charge in [-0.3, -0.25) is 20.1 Å². The molecule has 0 aliphatic rings. The highest BCUT2D eigenvalue weighted by Crippen LogP contribution is 2.28. The topological polar surface area (TPSA) is 134 Å². The van der Waals surface area contributed by atoms with Crippen molar-refractivity contribution in [2.24, 2.45) is 0 Å². The number of allylic oxidation sites excluding steroid dienone is 1. The Hall–Kier alpha value is -3.69. The molecule has 0 heterocycles. The zero-order valence-electron chi connectivity index (χ0n) is 17.6. The summed E-state index contributed by atoms with van der Waals surface area (Å²) in [5.41, 5.74) is 2.36. The van der Waals surface area contributed by atoms with Crippen molar-refractivity contribution >= 4 is 17.9 Å². The molecule has 2 aromatic rings. The molecular weight excluding hydrogens is 416 g/mol. The minimum Gasteiger partial charge on any atom is -0.508 e. The van der Waals surface area contributed by atoms with E-state index in [4.69, 9.17) is 14.7 Å². The second-order valence-corrected chi connectivity index (χ2v) is 6.69. The summed E-state index contributed by atoms with van der Waals surface area (Å²) in [4.78, 5) is 35.9. The van der Waals surface area contributed by atoms with E-state index >= 15 is 0 Å². The normalized spacial score (nSPS) is 12.7. The monoisotopic (exact) mass is 442 g/mol. The molecule has 0 aliphatic heterocycles. The fourth-order valence-electron chi connectivity index (χ4n) is 2.95. The minimum absolute atomic E-state index is 0.0436. The Labute approximate surface area is 185 Å². The molecule has 0 fully saturated rings. The number of ether oxygens (including phenoxy) is 2. The van der Waals surface area contributed by atoms with Crippen LogP contribution in [0, 0.1) is 0 Å². The highest BCUT2D eigenvalue weighted by molar-refractivity contribution is 6.02. The number of hydrogen-bond acceptors (Lipinski definition) is 7. The van der Waals surface area contributed by atoms with Gasteiger partial charge in [0.2, 0.25) is 0 Å². The number of phenols is 1. The maximum absolute atomic E-state index is 12.5. The predicted molar refractivity (Wildman–Crippen MR) is 115 cm³/mol. The van der Waals surface area contributed by atoms with Gasteiger partial charge in [-0.25, -0.2) is 10.3 Å². The van der Waals surface area contributed by atoms with Gasteiger partial charge in [0.25, 0.3) is 11.8 Å². The average Bonchev–Trinajstić information content (AvgIpc) is 2.80. The Kier molecular flexibility index (Phi) is 9.89. The molecular formula is C23H26N2O7. The first-order chi connectivity index (χ1) is 15.4. The highest BCUT2D eigenvalue weighted by Gasteiger charge is 2.28. The molecule has 0 saturated heterocycles. The zero-order chi connectivity index (χ0) is 23.3. The molecule has 9 nitrogen and oxygen atoms in total. The van der Waals surface area contributed by atoms with Crippen LogP contribution in [0.4, 0.5) is 4.79 Å². The van der Waals surface area contributed by atoms with Crippen molar-refractivity contribution in [3.8, 4) is 5.75 Å². The van der Waals surface area contributed by atoms with E-state index in [1.165, 1.54) is 23.7 Å². The van der Waals surface area contributed by atoms with E-state index < -0.39 is 30.1 Å². The summed E-state index contributed by atoms with van der Waals surface area (Å²) in [6.45, 7) is 2.11. The fourth-order valence-corrected chi connectivity index (χ4v) is 2.95. The second-order valence-electron chi connectivity index (χ2n) is 6.69.